The van der Waals surface area contributed by atoms with Gasteiger partial charge in [-0.25, -0.2) is 12.8 Å². The number of carbonyl (C=O) groups excluding carboxylic acids is 1. The van der Waals surface area contributed by atoms with Crippen molar-refractivity contribution in [2.45, 2.75) is 30.7 Å². The fourth-order valence-corrected chi connectivity index (χ4v) is 6.27. The van der Waals surface area contributed by atoms with Crippen LogP contribution in [-0.2, 0) is 10.0 Å². The quantitative estimate of drug-likeness (QED) is 0.644. The molecule has 10 heteroatoms. The third-order valence-electron chi connectivity index (χ3n) is 4.91. The third-order valence-corrected chi connectivity index (χ3v) is 8.00. The largest absolute Gasteiger partial charge is 0.320 e. The van der Waals surface area contributed by atoms with Gasteiger partial charge >= 0.3 is 0 Å². The van der Waals surface area contributed by atoms with Crippen LogP contribution < -0.4 is 5.32 Å². The van der Waals surface area contributed by atoms with E-state index in [0.717, 1.165) is 11.3 Å². The Labute approximate surface area is 177 Å². The summed E-state index contributed by atoms with van der Waals surface area (Å²) in [4.78, 5) is 12.7. The maximum absolute atomic E-state index is 13.2. The van der Waals surface area contributed by atoms with Crippen molar-refractivity contribution in [2.24, 2.45) is 0 Å². The molecule has 1 atom stereocenters. The Bertz CT molecular complexity index is 1180. The summed E-state index contributed by atoms with van der Waals surface area (Å²) < 4.78 is 40.9. The first-order valence-electron chi connectivity index (χ1n) is 9.34. The van der Waals surface area contributed by atoms with Crippen LogP contribution in [0.1, 0.15) is 39.3 Å². The molecule has 4 rings (SSSR count). The van der Waals surface area contributed by atoms with Gasteiger partial charge in [-0.3, -0.25) is 4.79 Å². The highest BCUT2D eigenvalue weighted by molar-refractivity contribution is 7.89. The van der Waals surface area contributed by atoms with Crippen LogP contribution in [0, 0.1) is 12.7 Å². The smallest absolute Gasteiger partial charge is 0.286 e. The SMILES string of the molecule is Cc1ccccc1S(=O)(=O)N1CCCC1c1nnc(C(=O)Nc2ccc(F)cc2)s1. The summed E-state index contributed by atoms with van der Waals surface area (Å²) in [6.45, 7) is 2.15. The molecule has 2 aromatic carbocycles. The molecule has 1 fully saturated rings. The van der Waals surface area contributed by atoms with E-state index in [9.17, 15) is 17.6 Å². The lowest BCUT2D eigenvalue weighted by Gasteiger charge is -2.23. The van der Waals surface area contributed by atoms with E-state index in [1.165, 1.54) is 28.6 Å². The van der Waals surface area contributed by atoms with Gasteiger partial charge in [0.05, 0.1) is 10.9 Å². The molecule has 0 spiro atoms. The highest BCUT2D eigenvalue weighted by atomic mass is 32.2. The monoisotopic (exact) mass is 446 g/mol. The summed E-state index contributed by atoms with van der Waals surface area (Å²) in [6, 6.07) is 11.8. The third kappa shape index (κ3) is 3.98. The molecule has 1 aromatic heterocycles. The molecule has 1 saturated heterocycles. The molecule has 30 heavy (non-hydrogen) atoms. The topological polar surface area (TPSA) is 92.3 Å². The van der Waals surface area contributed by atoms with Gasteiger partial charge in [-0.1, -0.05) is 29.5 Å². The Morgan fingerprint density at radius 2 is 1.90 bits per heavy atom. The van der Waals surface area contributed by atoms with Gasteiger partial charge in [0, 0.05) is 12.2 Å². The van der Waals surface area contributed by atoms with Crippen LogP contribution in [0.15, 0.2) is 53.4 Å². The van der Waals surface area contributed by atoms with E-state index in [2.05, 4.69) is 15.5 Å². The number of sulfonamides is 1. The molecule has 2 heterocycles. The summed E-state index contributed by atoms with van der Waals surface area (Å²) in [7, 11) is -3.69. The number of aromatic nitrogens is 2. The maximum Gasteiger partial charge on any atom is 0.286 e. The van der Waals surface area contributed by atoms with Crippen LogP contribution in [0.2, 0.25) is 0 Å². The van der Waals surface area contributed by atoms with E-state index in [-0.39, 0.29) is 9.90 Å². The normalized spacial score (nSPS) is 17.2. The number of rotatable bonds is 5. The molecule has 3 aromatic rings. The lowest BCUT2D eigenvalue weighted by Crippen LogP contribution is -2.31. The Kier molecular flexibility index (Phi) is 5.63. The van der Waals surface area contributed by atoms with Crippen molar-refractivity contribution in [1.82, 2.24) is 14.5 Å². The van der Waals surface area contributed by atoms with Gasteiger partial charge in [0.2, 0.25) is 15.0 Å². The van der Waals surface area contributed by atoms with Crippen molar-refractivity contribution in [3.05, 3.63) is 69.9 Å². The highest BCUT2D eigenvalue weighted by Gasteiger charge is 2.39. The Morgan fingerprint density at radius 1 is 1.17 bits per heavy atom. The van der Waals surface area contributed by atoms with E-state index in [0.29, 0.717) is 35.6 Å². The number of nitrogens with zero attached hydrogens (tertiary/aromatic N) is 3. The van der Waals surface area contributed by atoms with E-state index in [1.54, 1.807) is 31.2 Å². The van der Waals surface area contributed by atoms with Crippen LogP contribution in [0.4, 0.5) is 10.1 Å². The second kappa shape index (κ2) is 8.21. The number of hydrogen-bond donors (Lipinski definition) is 1. The summed E-state index contributed by atoms with van der Waals surface area (Å²) >= 11 is 1.07. The average molecular weight is 447 g/mol. The van der Waals surface area contributed by atoms with Crippen LogP contribution in [0.25, 0.3) is 0 Å². The number of halogens is 1. The molecule has 0 bridgehead atoms. The van der Waals surface area contributed by atoms with Gasteiger partial charge < -0.3 is 5.32 Å². The molecule has 1 aliphatic rings. The summed E-state index contributed by atoms with van der Waals surface area (Å²) in [5.41, 5.74) is 1.11. The van der Waals surface area contributed by atoms with Gasteiger partial charge in [0.15, 0.2) is 0 Å². The number of hydrogen-bond acceptors (Lipinski definition) is 6. The maximum atomic E-state index is 13.2. The molecule has 0 radical (unpaired) electrons. The second-order valence-corrected chi connectivity index (χ2v) is 9.81. The van der Waals surface area contributed by atoms with E-state index < -0.39 is 27.8 Å². The predicted octanol–water partition coefficient (Wildman–Crippen LogP) is 3.76. The molecule has 7 nitrogen and oxygen atoms in total. The van der Waals surface area contributed by atoms with Crippen molar-refractivity contribution in [2.75, 3.05) is 11.9 Å². The molecule has 156 valence electrons. The standard InChI is InChI=1S/C20H19FN4O3S2/c1-13-5-2-3-7-17(13)30(27,28)25-12-4-6-16(25)19-23-24-20(29-19)18(26)22-15-10-8-14(21)9-11-15/h2-3,5,7-11,16H,4,6,12H2,1H3,(H,22,26). The number of anilines is 1. The molecule has 1 amide bonds. The summed E-state index contributed by atoms with van der Waals surface area (Å²) in [6.07, 6.45) is 1.31. The molecule has 1 unspecified atom stereocenters. The lowest BCUT2D eigenvalue weighted by atomic mass is 10.2. The van der Waals surface area contributed by atoms with Crippen molar-refractivity contribution < 1.29 is 17.6 Å². The first-order chi connectivity index (χ1) is 14.4. The van der Waals surface area contributed by atoms with E-state index >= 15 is 0 Å². The van der Waals surface area contributed by atoms with Crippen LogP contribution in [0.3, 0.4) is 0 Å². The fourth-order valence-electron chi connectivity index (χ4n) is 3.43. The van der Waals surface area contributed by atoms with Gasteiger partial charge in [-0.2, -0.15) is 4.31 Å². The van der Waals surface area contributed by atoms with Crippen LogP contribution in [-0.4, -0.2) is 35.4 Å². The minimum atomic E-state index is -3.69. The number of aryl methyl sites for hydroxylation is 1. The molecule has 1 N–H and O–H groups in total. The van der Waals surface area contributed by atoms with Crippen molar-refractivity contribution in [3.8, 4) is 0 Å². The van der Waals surface area contributed by atoms with Crippen molar-refractivity contribution in [3.63, 3.8) is 0 Å². The Hall–Kier alpha value is -2.69. The first-order valence-corrected chi connectivity index (χ1v) is 11.6. The number of nitrogens with one attached hydrogen (secondary N) is 1. The minimum Gasteiger partial charge on any atom is -0.320 e. The van der Waals surface area contributed by atoms with Crippen molar-refractivity contribution in [1.29, 1.82) is 0 Å². The molecule has 1 aliphatic heterocycles. The van der Waals surface area contributed by atoms with Gasteiger partial charge in [-0.05, 0) is 55.7 Å². The zero-order valence-corrected chi connectivity index (χ0v) is 17.7. The molecule has 0 saturated carbocycles. The zero-order chi connectivity index (χ0) is 21.3. The zero-order valence-electron chi connectivity index (χ0n) is 16.1. The minimum absolute atomic E-state index is 0.120. The number of carbonyl (C=O) groups is 1. The van der Waals surface area contributed by atoms with Gasteiger partial charge in [0.25, 0.3) is 5.91 Å². The van der Waals surface area contributed by atoms with Gasteiger partial charge in [0.1, 0.15) is 10.8 Å². The predicted molar refractivity (Wildman–Crippen MR) is 111 cm³/mol. The Balaban J connectivity index is 1.55. The molecular formula is C20H19FN4O3S2. The number of benzene rings is 2. The summed E-state index contributed by atoms with van der Waals surface area (Å²) in [5, 5.41) is 11.3. The lowest BCUT2D eigenvalue weighted by molar-refractivity contribution is 0.102. The highest BCUT2D eigenvalue weighted by Crippen LogP contribution is 2.38. The number of amides is 1. The van der Waals surface area contributed by atoms with E-state index in [1.807, 2.05) is 0 Å². The average Bonchev–Trinajstić information content (AvgIpc) is 3.39. The molecular weight excluding hydrogens is 427 g/mol. The second-order valence-electron chi connectivity index (χ2n) is 6.95. The van der Waals surface area contributed by atoms with Crippen LogP contribution in [0.5, 0.6) is 0 Å². The fraction of sp³-hybridized carbons (Fsp3) is 0.250. The van der Waals surface area contributed by atoms with Crippen LogP contribution >= 0.6 is 11.3 Å². The Morgan fingerprint density at radius 3 is 2.63 bits per heavy atom. The van der Waals surface area contributed by atoms with E-state index in [4.69, 9.17) is 0 Å². The first kappa shape index (κ1) is 20.6. The van der Waals surface area contributed by atoms with Crippen molar-refractivity contribution >= 4 is 33.0 Å². The summed E-state index contributed by atoms with van der Waals surface area (Å²) in [5.74, 6) is -0.876. The van der Waals surface area contributed by atoms with Gasteiger partial charge in [-0.15, -0.1) is 10.2 Å². The molecule has 0 aliphatic carbocycles.